The number of nitrogens with zero attached hydrogens (tertiary/aromatic N) is 2. The van der Waals surface area contributed by atoms with Gasteiger partial charge in [0.1, 0.15) is 0 Å². The topological polar surface area (TPSA) is 62.7 Å². The van der Waals surface area contributed by atoms with Crippen molar-refractivity contribution in [3.63, 3.8) is 0 Å². The van der Waals surface area contributed by atoms with Crippen LogP contribution in [0, 0.1) is 0 Å². The standard InChI is InChI=1S/C17H18N2O2/c1-21-17(20)11-10-13-6-2-4-8-15(13)16-9-5-3-7-14(16)12-19-18/h3,5,7,9-12H,2,4,6,8H2,1H3/b11-10+. The lowest BCUT2D eigenvalue weighted by Gasteiger charge is -2.19. The first-order chi connectivity index (χ1) is 10.3. The van der Waals surface area contributed by atoms with Crippen LogP contribution in [-0.2, 0) is 9.53 Å². The highest BCUT2D eigenvalue weighted by Gasteiger charge is 2.16. The van der Waals surface area contributed by atoms with Crippen LogP contribution in [0.5, 0.6) is 0 Å². The van der Waals surface area contributed by atoms with E-state index in [-0.39, 0.29) is 5.97 Å². The molecule has 4 nitrogen and oxygen atoms in total. The van der Waals surface area contributed by atoms with Crippen LogP contribution in [0.2, 0.25) is 0 Å². The summed E-state index contributed by atoms with van der Waals surface area (Å²) in [6.45, 7) is 0. The third-order valence-electron chi connectivity index (χ3n) is 3.62. The van der Waals surface area contributed by atoms with Gasteiger partial charge in [-0.2, -0.15) is 4.79 Å². The summed E-state index contributed by atoms with van der Waals surface area (Å²) < 4.78 is 4.64. The molecule has 0 fully saturated rings. The molecule has 0 bridgehead atoms. The summed E-state index contributed by atoms with van der Waals surface area (Å²) >= 11 is 0. The predicted molar refractivity (Wildman–Crippen MR) is 81.8 cm³/mol. The fourth-order valence-corrected chi connectivity index (χ4v) is 2.60. The summed E-state index contributed by atoms with van der Waals surface area (Å²) in [6, 6.07) is 7.81. The first-order valence-electron chi connectivity index (χ1n) is 7.01. The van der Waals surface area contributed by atoms with Gasteiger partial charge in [-0.3, -0.25) is 0 Å². The molecule has 0 amide bonds. The largest absolute Gasteiger partial charge is 0.466 e. The lowest BCUT2D eigenvalue weighted by molar-refractivity contribution is -0.134. The molecule has 0 atom stereocenters. The third-order valence-corrected chi connectivity index (χ3v) is 3.62. The van der Waals surface area contributed by atoms with Crippen molar-refractivity contribution in [1.29, 1.82) is 0 Å². The summed E-state index contributed by atoms with van der Waals surface area (Å²) in [5, 5.41) is 0. The van der Waals surface area contributed by atoms with Crippen LogP contribution < -0.4 is 0 Å². The van der Waals surface area contributed by atoms with Crippen molar-refractivity contribution in [3.8, 4) is 0 Å². The molecule has 0 aromatic heterocycles. The predicted octanol–water partition coefficient (Wildman–Crippen LogP) is 3.39. The van der Waals surface area contributed by atoms with Gasteiger partial charge in [0.2, 0.25) is 0 Å². The van der Waals surface area contributed by atoms with E-state index in [1.165, 1.54) is 25.0 Å². The van der Waals surface area contributed by atoms with Gasteiger partial charge < -0.3 is 10.3 Å². The highest BCUT2D eigenvalue weighted by molar-refractivity contribution is 5.88. The Balaban J connectivity index is 2.46. The average molecular weight is 282 g/mol. The summed E-state index contributed by atoms with van der Waals surface area (Å²) in [5.41, 5.74) is 13.1. The Bertz CT molecular complexity index is 638. The molecule has 2 rings (SSSR count). The zero-order chi connectivity index (χ0) is 15.1. The Morgan fingerprint density at radius 2 is 2.05 bits per heavy atom. The van der Waals surface area contributed by atoms with Crippen LogP contribution >= 0.6 is 0 Å². The lowest BCUT2D eigenvalue weighted by Crippen LogP contribution is -2.02. The van der Waals surface area contributed by atoms with E-state index in [1.54, 1.807) is 0 Å². The van der Waals surface area contributed by atoms with Gasteiger partial charge in [-0.25, -0.2) is 4.79 Å². The molecule has 0 N–H and O–H groups in total. The number of esters is 1. The van der Waals surface area contributed by atoms with Gasteiger partial charge in [0.05, 0.1) is 12.7 Å². The molecule has 0 saturated heterocycles. The maximum absolute atomic E-state index is 11.3. The van der Waals surface area contributed by atoms with Gasteiger partial charge in [0.25, 0.3) is 6.21 Å². The first-order valence-corrected chi connectivity index (χ1v) is 7.01. The normalized spacial score (nSPS) is 14.9. The Labute approximate surface area is 124 Å². The van der Waals surface area contributed by atoms with E-state index < -0.39 is 0 Å². The number of benzene rings is 1. The van der Waals surface area contributed by atoms with Crippen LogP contribution in [0.1, 0.15) is 36.8 Å². The molecule has 0 unspecified atom stereocenters. The molecule has 108 valence electrons. The number of ether oxygens (including phenoxy) is 1. The quantitative estimate of drug-likeness (QED) is 0.279. The molecule has 0 heterocycles. The van der Waals surface area contributed by atoms with Gasteiger partial charge in [0.15, 0.2) is 0 Å². The van der Waals surface area contributed by atoms with E-state index in [9.17, 15) is 4.79 Å². The minimum Gasteiger partial charge on any atom is -0.466 e. The van der Waals surface area contributed by atoms with Crippen molar-refractivity contribution < 1.29 is 14.3 Å². The SMILES string of the molecule is COC(=O)/C=C/C1=C(c2ccccc2C=[N+]=[N-])CCCC1. The molecule has 1 aromatic rings. The van der Waals surface area contributed by atoms with Crippen molar-refractivity contribution >= 4 is 17.8 Å². The van der Waals surface area contributed by atoms with Gasteiger partial charge in [-0.05, 0) is 48.5 Å². The molecule has 0 spiro atoms. The minimum atomic E-state index is -0.349. The molecule has 1 aliphatic rings. The molecule has 0 radical (unpaired) electrons. The zero-order valence-electron chi connectivity index (χ0n) is 12.1. The van der Waals surface area contributed by atoms with E-state index >= 15 is 0 Å². The molecule has 4 heteroatoms. The second kappa shape index (κ2) is 7.36. The molecule has 0 saturated carbocycles. The Morgan fingerprint density at radius 3 is 2.81 bits per heavy atom. The van der Waals surface area contributed by atoms with Gasteiger partial charge >= 0.3 is 5.97 Å². The monoisotopic (exact) mass is 282 g/mol. The summed E-state index contributed by atoms with van der Waals surface area (Å²) in [4.78, 5) is 14.4. The van der Waals surface area contributed by atoms with Crippen LogP contribution in [0.3, 0.4) is 0 Å². The number of rotatable bonds is 4. The third kappa shape index (κ3) is 3.77. The van der Waals surface area contributed by atoms with Gasteiger partial charge in [-0.1, -0.05) is 24.3 Å². The number of allylic oxidation sites excluding steroid dienone is 3. The van der Waals surface area contributed by atoms with Crippen molar-refractivity contribution in [2.45, 2.75) is 25.7 Å². The van der Waals surface area contributed by atoms with Crippen LogP contribution in [0.15, 0.2) is 42.0 Å². The summed E-state index contributed by atoms with van der Waals surface area (Å²) in [7, 11) is 1.37. The molecule has 21 heavy (non-hydrogen) atoms. The summed E-state index contributed by atoms with van der Waals surface area (Å²) in [6.07, 6.45) is 8.87. The van der Waals surface area contributed by atoms with Crippen molar-refractivity contribution in [3.05, 3.63) is 58.6 Å². The molecule has 1 aliphatic carbocycles. The maximum atomic E-state index is 11.3. The van der Waals surface area contributed by atoms with E-state index in [0.29, 0.717) is 0 Å². The maximum Gasteiger partial charge on any atom is 0.330 e. The van der Waals surface area contributed by atoms with E-state index in [0.717, 1.165) is 42.4 Å². The van der Waals surface area contributed by atoms with Crippen LogP contribution in [0.4, 0.5) is 0 Å². The minimum absolute atomic E-state index is 0.349. The number of methoxy groups -OCH3 is 1. The number of carbonyl (C=O) groups excluding carboxylic acids is 1. The smallest absolute Gasteiger partial charge is 0.330 e. The van der Waals surface area contributed by atoms with Crippen molar-refractivity contribution in [1.82, 2.24) is 0 Å². The number of carbonyl (C=O) groups is 1. The van der Waals surface area contributed by atoms with E-state index in [1.807, 2.05) is 30.3 Å². The fraction of sp³-hybridized carbons (Fsp3) is 0.294. The molecule has 0 aliphatic heterocycles. The highest BCUT2D eigenvalue weighted by Crippen LogP contribution is 2.34. The summed E-state index contributed by atoms with van der Waals surface area (Å²) in [5.74, 6) is -0.349. The van der Waals surface area contributed by atoms with Gasteiger partial charge in [0, 0.05) is 6.08 Å². The second-order valence-electron chi connectivity index (χ2n) is 4.90. The lowest BCUT2D eigenvalue weighted by atomic mass is 9.85. The average Bonchev–Trinajstić information content (AvgIpc) is 2.54. The van der Waals surface area contributed by atoms with Gasteiger partial charge in [-0.15, -0.1) is 0 Å². The number of hydrogen-bond donors (Lipinski definition) is 0. The Hall–Kier alpha value is -2.45. The molecular formula is C17H18N2O2. The second-order valence-corrected chi connectivity index (χ2v) is 4.90. The van der Waals surface area contributed by atoms with Crippen molar-refractivity contribution in [2.75, 3.05) is 7.11 Å². The van der Waals surface area contributed by atoms with Crippen LogP contribution in [-0.4, -0.2) is 24.1 Å². The van der Waals surface area contributed by atoms with Crippen molar-refractivity contribution in [2.24, 2.45) is 0 Å². The number of hydrogen-bond acceptors (Lipinski definition) is 2. The van der Waals surface area contributed by atoms with E-state index in [4.69, 9.17) is 5.53 Å². The molecular weight excluding hydrogens is 264 g/mol. The zero-order valence-corrected chi connectivity index (χ0v) is 12.1. The van der Waals surface area contributed by atoms with Crippen LogP contribution in [0.25, 0.3) is 11.1 Å². The Kier molecular flexibility index (Phi) is 5.24. The van der Waals surface area contributed by atoms with E-state index in [2.05, 4.69) is 9.53 Å². The molecule has 1 aromatic carbocycles. The highest BCUT2D eigenvalue weighted by atomic mass is 16.5. The first kappa shape index (κ1) is 14.9. The fourth-order valence-electron chi connectivity index (χ4n) is 2.60. The Morgan fingerprint density at radius 1 is 1.29 bits per heavy atom.